The van der Waals surface area contributed by atoms with Crippen LogP contribution in [0.1, 0.15) is 5.56 Å². The lowest BCUT2D eigenvalue weighted by atomic mass is 10.1. The minimum atomic E-state index is -0.478. The lowest BCUT2D eigenvalue weighted by Crippen LogP contribution is -2.01. The number of hydrogen-bond donors (Lipinski definition) is 0. The number of rotatable bonds is 1. The van der Waals surface area contributed by atoms with Gasteiger partial charge in [0.05, 0.1) is 18.7 Å². The van der Waals surface area contributed by atoms with Gasteiger partial charge in [-0.05, 0) is 24.3 Å². The zero-order valence-corrected chi connectivity index (χ0v) is 10.8. The van der Waals surface area contributed by atoms with Crippen molar-refractivity contribution in [3.63, 3.8) is 0 Å². The molecule has 0 N–H and O–H groups in total. The third-order valence-electron chi connectivity index (χ3n) is 2.89. The highest BCUT2D eigenvalue weighted by Crippen LogP contribution is 2.41. The van der Waals surface area contributed by atoms with Gasteiger partial charge < -0.3 is 14.2 Å². The van der Waals surface area contributed by atoms with Crippen molar-refractivity contribution in [1.82, 2.24) is 0 Å². The lowest BCUT2D eigenvalue weighted by Gasteiger charge is -2.07. The molecule has 4 heteroatoms. The van der Waals surface area contributed by atoms with Crippen LogP contribution in [0, 0.1) is 0 Å². The number of para-hydroxylation sites is 3. The van der Waals surface area contributed by atoms with Gasteiger partial charge in [0.15, 0.2) is 11.5 Å². The highest BCUT2D eigenvalue weighted by atomic mass is 16.5. The molecule has 0 aromatic heterocycles. The smallest absolute Gasteiger partial charge is 0.334 e. The molecule has 0 radical (unpaired) electrons. The van der Waals surface area contributed by atoms with Crippen molar-refractivity contribution in [3.05, 3.63) is 60.2 Å². The lowest BCUT2D eigenvalue weighted by molar-refractivity contribution is -0.134. The number of methoxy groups -OCH3 is 1. The average molecular weight is 268 g/mol. The van der Waals surface area contributed by atoms with E-state index in [0.29, 0.717) is 28.6 Å². The Morgan fingerprint density at radius 3 is 2.25 bits per heavy atom. The van der Waals surface area contributed by atoms with Gasteiger partial charge in [-0.1, -0.05) is 24.3 Å². The molecule has 1 aliphatic rings. The second kappa shape index (κ2) is 5.09. The van der Waals surface area contributed by atoms with E-state index in [2.05, 4.69) is 4.74 Å². The van der Waals surface area contributed by atoms with Gasteiger partial charge in [0.1, 0.15) is 11.5 Å². The van der Waals surface area contributed by atoms with Gasteiger partial charge in [0.25, 0.3) is 0 Å². The summed E-state index contributed by atoms with van der Waals surface area (Å²) in [6, 6.07) is 14.7. The molecule has 0 fully saturated rings. The summed E-state index contributed by atoms with van der Waals surface area (Å²) in [5, 5.41) is 0. The Morgan fingerprint density at radius 1 is 0.950 bits per heavy atom. The summed E-state index contributed by atoms with van der Waals surface area (Å²) in [6.07, 6.45) is 1.31. The third-order valence-corrected chi connectivity index (χ3v) is 2.89. The maximum absolute atomic E-state index is 11.5. The zero-order valence-electron chi connectivity index (χ0n) is 10.8. The van der Waals surface area contributed by atoms with E-state index in [9.17, 15) is 4.79 Å². The molecule has 3 rings (SSSR count). The highest BCUT2D eigenvalue weighted by molar-refractivity contribution is 5.91. The van der Waals surface area contributed by atoms with Crippen molar-refractivity contribution < 1.29 is 19.0 Å². The Balaban J connectivity index is 2.15. The van der Waals surface area contributed by atoms with Crippen LogP contribution in [0.4, 0.5) is 0 Å². The second-order valence-corrected chi connectivity index (χ2v) is 4.18. The van der Waals surface area contributed by atoms with Gasteiger partial charge in [0.2, 0.25) is 0 Å². The van der Waals surface area contributed by atoms with E-state index in [4.69, 9.17) is 9.47 Å². The Bertz CT molecular complexity index is 688. The van der Waals surface area contributed by atoms with Crippen LogP contribution < -0.4 is 9.47 Å². The molecule has 0 saturated carbocycles. The molecule has 2 aromatic carbocycles. The first-order valence-electron chi connectivity index (χ1n) is 6.12. The third kappa shape index (κ3) is 2.23. The van der Waals surface area contributed by atoms with Crippen molar-refractivity contribution in [2.75, 3.05) is 7.11 Å². The molecular formula is C16H12O4. The van der Waals surface area contributed by atoms with Crippen molar-refractivity contribution in [2.45, 2.75) is 0 Å². The SMILES string of the molecule is COC(=O)C=C1Oc2ccccc2Oc2ccccc21. The molecule has 0 unspecified atom stereocenters. The fourth-order valence-corrected chi connectivity index (χ4v) is 1.94. The molecule has 0 amide bonds. The predicted octanol–water partition coefficient (Wildman–Crippen LogP) is 3.39. The largest absolute Gasteiger partial charge is 0.466 e. The molecule has 20 heavy (non-hydrogen) atoms. The van der Waals surface area contributed by atoms with Crippen LogP contribution in [0.3, 0.4) is 0 Å². The quantitative estimate of drug-likeness (QED) is 0.587. The van der Waals surface area contributed by atoms with Crippen LogP contribution in [0.25, 0.3) is 5.76 Å². The molecule has 0 aliphatic carbocycles. The monoisotopic (exact) mass is 268 g/mol. The van der Waals surface area contributed by atoms with E-state index in [0.717, 1.165) is 0 Å². The van der Waals surface area contributed by atoms with Gasteiger partial charge in [-0.15, -0.1) is 0 Å². The molecular weight excluding hydrogens is 256 g/mol. The molecule has 1 heterocycles. The van der Waals surface area contributed by atoms with E-state index >= 15 is 0 Å². The maximum Gasteiger partial charge on any atom is 0.334 e. The standard InChI is InChI=1S/C16H12O4/c1-18-16(17)10-15-11-6-2-3-7-12(11)19-13-8-4-5-9-14(13)20-15/h2-10H,1H3. The molecule has 0 saturated heterocycles. The van der Waals surface area contributed by atoms with Crippen molar-refractivity contribution in [2.24, 2.45) is 0 Å². The number of ether oxygens (including phenoxy) is 3. The first-order chi connectivity index (χ1) is 9.78. The summed E-state index contributed by atoms with van der Waals surface area (Å²) < 4.78 is 16.3. The number of carbonyl (C=O) groups is 1. The first-order valence-corrected chi connectivity index (χ1v) is 6.12. The van der Waals surface area contributed by atoms with Crippen LogP contribution in [-0.4, -0.2) is 13.1 Å². The number of esters is 1. The Hall–Kier alpha value is -2.75. The highest BCUT2D eigenvalue weighted by Gasteiger charge is 2.20. The number of benzene rings is 2. The number of carbonyl (C=O) groups excluding carboxylic acids is 1. The molecule has 2 aromatic rings. The Morgan fingerprint density at radius 2 is 1.55 bits per heavy atom. The van der Waals surface area contributed by atoms with E-state index in [-0.39, 0.29) is 0 Å². The molecule has 1 aliphatic heterocycles. The average Bonchev–Trinajstić information content (AvgIpc) is 2.63. The van der Waals surface area contributed by atoms with Crippen molar-refractivity contribution >= 4 is 11.7 Å². The summed E-state index contributed by atoms with van der Waals surface area (Å²) in [6.45, 7) is 0. The van der Waals surface area contributed by atoms with Gasteiger partial charge in [0, 0.05) is 0 Å². The van der Waals surface area contributed by atoms with E-state index in [1.165, 1.54) is 13.2 Å². The maximum atomic E-state index is 11.5. The van der Waals surface area contributed by atoms with Crippen LogP contribution in [0.5, 0.6) is 17.2 Å². The zero-order chi connectivity index (χ0) is 13.9. The summed E-state index contributed by atoms with van der Waals surface area (Å²) in [7, 11) is 1.33. The van der Waals surface area contributed by atoms with E-state index in [1.54, 1.807) is 6.07 Å². The second-order valence-electron chi connectivity index (χ2n) is 4.18. The first kappa shape index (κ1) is 12.3. The summed E-state index contributed by atoms with van der Waals surface area (Å²) in [5.74, 6) is 1.71. The molecule has 0 spiro atoms. The number of fused-ring (bicyclic) bond motifs is 2. The Kier molecular flexibility index (Phi) is 3.13. The minimum Gasteiger partial charge on any atom is -0.466 e. The van der Waals surface area contributed by atoms with Crippen LogP contribution in [0.2, 0.25) is 0 Å². The summed E-state index contributed by atoms with van der Waals surface area (Å²) in [4.78, 5) is 11.5. The fraction of sp³-hybridized carbons (Fsp3) is 0.0625. The van der Waals surface area contributed by atoms with Crippen molar-refractivity contribution in [1.29, 1.82) is 0 Å². The van der Waals surface area contributed by atoms with Gasteiger partial charge in [-0.3, -0.25) is 0 Å². The van der Waals surface area contributed by atoms with Crippen LogP contribution in [0.15, 0.2) is 54.6 Å². The Labute approximate surface area is 116 Å². The van der Waals surface area contributed by atoms with Gasteiger partial charge in [-0.25, -0.2) is 4.79 Å². The van der Waals surface area contributed by atoms with E-state index < -0.39 is 5.97 Å². The number of hydrogen-bond acceptors (Lipinski definition) is 4. The van der Waals surface area contributed by atoms with Crippen LogP contribution in [-0.2, 0) is 9.53 Å². The van der Waals surface area contributed by atoms with Crippen molar-refractivity contribution in [3.8, 4) is 17.2 Å². The summed E-state index contributed by atoms with van der Waals surface area (Å²) in [5.41, 5.74) is 0.703. The molecule has 0 atom stereocenters. The topological polar surface area (TPSA) is 44.8 Å². The molecule has 0 bridgehead atoms. The molecule has 4 nitrogen and oxygen atoms in total. The fourth-order valence-electron chi connectivity index (χ4n) is 1.94. The predicted molar refractivity (Wildman–Crippen MR) is 73.6 cm³/mol. The minimum absolute atomic E-state index is 0.400. The summed E-state index contributed by atoms with van der Waals surface area (Å²) >= 11 is 0. The van der Waals surface area contributed by atoms with Gasteiger partial charge >= 0.3 is 5.97 Å². The van der Waals surface area contributed by atoms with Gasteiger partial charge in [-0.2, -0.15) is 0 Å². The van der Waals surface area contributed by atoms with Crippen LogP contribution >= 0.6 is 0 Å². The molecule has 100 valence electrons. The normalized spacial score (nSPS) is 14.3. The van der Waals surface area contributed by atoms with E-state index in [1.807, 2.05) is 42.5 Å².